The third-order valence-electron chi connectivity index (χ3n) is 4.24. The van der Waals surface area contributed by atoms with Gasteiger partial charge in [-0.15, -0.1) is 0 Å². The van der Waals surface area contributed by atoms with Gasteiger partial charge in [0, 0.05) is 18.1 Å². The Hall–Kier alpha value is -1.59. The molecule has 1 aromatic carbocycles. The second-order valence-corrected chi connectivity index (χ2v) is 8.16. The Bertz CT molecular complexity index is 696. The Labute approximate surface area is 165 Å². The van der Waals surface area contributed by atoms with E-state index >= 15 is 0 Å². The van der Waals surface area contributed by atoms with E-state index in [1.807, 2.05) is 12.1 Å². The van der Waals surface area contributed by atoms with E-state index in [0.29, 0.717) is 21.9 Å². The molecule has 1 aromatic rings. The molecule has 2 nitrogen and oxygen atoms in total. The lowest BCUT2D eigenvalue weighted by Gasteiger charge is -2.36. The van der Waals surface area contributed by atoms with Crippen molar-refractivity contribution in [1.82, 2.24) is 5.32 Å². The molecule has 1 rings (SSSR count). The summed E-state index contributed by atoms with van der Waals surface area (Å²) in [5.41, 5.74) is 1.85. The Morgan fingerprint density at radius 1 is 1.19 bits per heavy atom. The molecule has 2 unspecified atom stereocenters. The average molecular weight is 401 g/mol. The number of benzene rings is 1. The van der Waals surface area contributed by atoms with Crippen molar-refractivity contribution in [2.45, 2.75) is 52.9 Å². The molecular weight excluding hydrogens is 373 g/mol. The molecule has 0 spiro atoms. The summed E-state index contributed by atoms with van der Waals surface area (Å²) < 4.78 is 40.6. The molecular formula is C21H28ClF3N2. The van der Waals surface area contributed by atoms with Crippen molar-refractivity contribution >= 4 is 17.3 Å². The molecule has 0 bridgehead atoms. The number of alkyl halides is 3. The molecule has 2 atom stereocenters. The van der Waals surface area contributed by atoms with Crippen LogP contribution in [0.3, 0.4) is 0 Å². The third kappa shape index (κ3) is 6.82. The van der Waals surface area contributed by atoms with Gasteiger partial charge in [-0.2, -0.15) is 13.2 Å². The van der Waals surface area contributed by atoms with Crippen molar-refractivity contribution in [3.8, 4) is 0 Å². The quantitative estimate of drug-likeness (QED) is 0.445. The summed E-state index contributed by atoms with van der Waals surface area (Å²) in [5.74, 6) is 0. The largest absolute Gasteiger partial charge is 0.404 e. The molecule has 0 amide bonds. The summed E-state index contributed by atoms with van der Waals surface area (Å²) >= 11 is 5.92. The molecule has 150 valence electrons. The first-order chi connectivity index (χ1) is 12.3. The minimum absolute atomic E-state index is 0.558. The SMILES string of the molecule is C=C(C)/C(=C\C(=NC)c1ccc(Cl)cc1)C(C)NC(C(C)(C)C)C(F)(F)F. The van der Waals surface area contributed by atoms with Gasteiger partial charge >= 0.3 is 6.18 Å². The summed E-state index contributed by atoms with van der Waals surface area (Å²) in [6.07, 6.45) is -2.58. The van der Waals surface area contributed by atoms with E-state index in [0.717, 1.165) is 5.56 Å². The Kier molecular flexibility index (Phi) is 7.87. The highest BCUT2D eigenvalue weighted by Crippen LogP contribution is 2.34. The molecule has 0 saturated heterocycles. The molecule has 0 heterocycles. The zero-order valence-corrected chi connectivity index (χ0v) is 17.5. The molecule has 0 aliphatic rings. The van der Waals surface area contributed by atoms with Crippen LogP contribution in [0.2, 0.25) is 5.02 Å². The monoisotopic (exact) mass is 400 g/mol. The Morgan fingerprint density at radius 2 is 1.70 bits per heavy atom. The summed E-state index contributed by atoms with van der Waals surface area (Å²) in [7, 11) is 1.64. The number of nitrogens with zero attached hydrogens (tertiary/aromatic N) is 1. The molecule has 6 heteroatoms. The minimum atomic E-state index is -4.36. The van der Waals surface area contributed by atoms with E-state index in [1.54, 1.807) is 59.9 Å². The van der Waals surface area contributed by atoms with Crippen LogP contribution >= 0.6 is 11.6 Å². The Balaban J connectivity index is 3.24. The minimum Gasteiger partial charge on any atom is -0.299 e. The van der Waals surface area contributed by atoms with E-state index in [2.05, 4.69) is 16.9 Å². The lowest BCUT2D eigenvalue weighted by Crippen LogP contribution is -2.54. The van der Waals surface area contributed by atoms with Gasteiger partial charge in [-0.3, -0.25) is 10.3 Å². The van der Waals surface area contributed by atoms with Gasteiger partial charge in [0.05, 0.1) is 5.71 Å². The van der Waals surface area contributed by atoms with Crippen molar-refractivity contribution in [3.63, 3.8) is 0 Å². The maximum absolute atomic E-state index is 13.5. The van der Waals surface area contributed by atoms with Crippen LogP contribution in [0.25, 0.3) is 0 Å². The van der Waals surface area contributed by atoms with Gasteiger partial charge in [0.25, 0.3) is 0 Å². The second kappa shape index (κ2) is 9.07. The van der Waals surface area contributed by atoms with Gasteiger partial charge in [-0.05, 0) is 48.6 Å². The topological polar surface area (TPSA) is 24.4 Å². The lowest BCUT2D eigenvalue weighted by atomic mass is 9.85. The molecule has 0 aliphatic carbocycles. The van der Waals surface area contributed by atoms with Crippen LogP contribution in [-0.4, -0.2) is 31.0 Å². The standard InChI is InChI=1S/C21H28ClF3N2/c1-13(2)17(12-18(26-7)15-8-10-16(22)11-9-15)14(3)27-19(20(4,5)6)21(23,24)25/h8-12,14,19,27H,1H2,2-7H3/b17-12+,26-18?. The summed E-state index contributed by atoms with van der Waals surface area (Å²) in [4.78, 5) is 4.28. The van der Waals surface area contributed by atoms with E-state index in [4.69, 9.17) is 11.6 Å². The van der Waals surface area contributed by atoms with Gasteiger partial charge in [0.15, 0.2) is 0 Å². The number of halogens is 4. The lowest BCUT2D eigenvalue weighted by molar-refractivity contribution is -0.178. The maximum atomic E-state index is 13.5. The smallest absolute Gasteiger partial charge is 0.299 e. The fourth-order valence-electron chi connectivity index (χ4n) is 2.84. The van der Waals surface area contributed by atoms with Crippen LogP contribution < -0.4 is 5.32 Å². The van der Waals surface area contributed by atoms with Crippen LogP contribution in [0, 0.1) is 5.41 Å². The van der Waals surface area contributed by atoms with Gasteiger partial charge in [0.1, 0.15) is 6.04 Å². The number of aliphatic imine (C=N–C) groups is 1. The number of allylic oxidation sites excluding steroid dienone is 1. The number of rotatable bonds is 6. The Morgan fingerprint density at radius 3 is 2.07 bits per heavy atom. The van der Waals surface area contributed by atoms with Crippen LogP contribution in [0.4, 0.5) is 13.2 Å². The molecule has 0 fully saturated rings. The number of hydrogen-bond donors (Lipinski definition) is 1. The molecule has 0 radical (unpaired) electrons. The van der Waals surface area contributed by atoms with Crippen molar-refractivity contribution in [2.24, 2.45) is 10.4 Å². The predicted octanol–water partition coefficient (Wildman–Crippen LogP) is 6.22. The highest BCUT2D eigenvalue weighted by Gasteiger charge is 2.47. The first kappa shape index (κ1) is 23.4. The van der Waals surface area contributed by atoms with Gasteiger partial charge in [-0.1, -0.05) is 56.7 Å². The summed E-state index contributed by atoms with van der Waals surface area (Å²) in [6, 6.07) is 4.93. The first-order valence-electron chi connectivity index (χ1n) is 8.70. The summed E-state index contributed by atoms with van der Waals surface area (Å²) in [6.45, 7) is 12.1. The van der Waals surface area contributed by atoms with E-state index < -0.39 is 23.7 Å². The highest BCUT2D eigenvalue weighted by molar-refractivity contribution is 6.30. The molecule has 0 aromatic heterocycles. The number of nitrogens with one attached hydrogen (secondary N) is 1. The highest BCUT2D eigenvalue weighted by atomic mass is 35.5. The molecule has 1 N–H and O–H groups in total. The fourth-order valence-corrected chi connectivity index (χ4v) is 2.96. The van der Waals surface area contributed by atoms with Crippen molar-refractivity contribution in [3.05, 3.63) is 58.7 Å². The first-order valence-corrected chi connectivity index (χ1v) is 9.08. The van der Waals surface area contributed by atoms with Crippen LogP contribution in [-0.2, 0) is 0 Å². The van der Waals surface area contributed by atoms with Crippen molar-refractivity contribution in [2.75, 3.05) is 7.05 Å². The average Bonchev–Trinajstić information content (AvgIpc) is 2.52. The third-order valence-corrected chi connectivity index (χ3v) is 4.49. The zero-order valence-electron chi connectivity index (χ0n) is 16.7. The van der Waals surface area contributed by atoms with E-state index in [9.17, 15) is 13.2 Å². The van der Waals surface area contributed by atoms with Gasteiger partial charge in [0.2, 0.25) is 0 Å². The normalized spacial score (nSPS) is 16.2. The summed E-state index contributed by atoms with van der Waals surface area (Å²) in [5, 5.41) is 3.34. The fraction of sp³-hybridized carbons (Fsp3) is 0.476. The van der Waals surface area contributed by atoms with Gasteiger partial charge < -0.3 is 0 Å². The van der Waals surface area contributed by atoms with Gasteiger partial charge in [-0.25, -0.2) is 0 Å². The van der Waals surface area contributed by atoms with E-state index in [-0.39, 0.29) is 0 Å². The maximum Gasteiger partial charge on any atom is 0.404 e. The molecule has 27 heavy (non-hydrogen) atoms. The van der Waals surface area contributed by atoms with E-state index in [1.165, 1.54) is 0 Å². The van der Waals surface area contributed by atoms with Crippen molar-refractivity contribution < 1.29 is 13.2 Å². The van der Waals surface area contributed by atoms with Crippen LogP contribution in [0.15, 0.2) is 53.1 Å². The van der Waals surface area contributed by atoms with Crippen LogP contribution in [0.5, 0.6) is 0 Å². The molecule has 0 saturated carbocycles. The predicted molar refractivity (Wildman–Crippen MR) is 109 cm³/mol. The second-order valence-electron chi connectivity index (χ2n) is 7.72. The van der Waals surface area contributed by atoms with Crippen molar-refractivity contribution in [1.29, 1.82) is 0 Å². The molecule has 0 aliphatic heterocycles. The number of hydrogen-bond acceptors (Lipinski definition) is 2. The zero-order chi connectivity index (χ0) is 21.0. The van der Waals surface area contributed by atoms with Crippen LogP contribution in [0.1, 0.15) is 40.2 Å².